The number of carbonyl (C=O) groups is 1. The van der Waals surface area contributed by atoms with Gasteiger partial charge >= 0.3 is 10.1 Å². The molecule has 1 N–H and O–H groups in total. The number of carbonyl (C=O) groups excluding carboxylic acids is 1. The first kappa shape index (κ1) is 22.4. The SMILES string of the molecule is COc1ccc(S(=O)(=O)Oc2cccc(/C=N\NC(=O)c3cccc([N+](=O)[O-])c3)c2)cc1. The van der Waals surface area contributed by atoms with E-state index in [9.17, 15) is 23.3 Å². The second-order valence-corrected chi connectivity index (χ2v) is 7.84. The first-order valence-corrected chi connectivity index (χ1v) is 10.5. The van der Waals surface area contributed by atoms with Crippen molar-refractivity contribution < 1.29 is 27.1 Å². The van der Waals surface area contributed by atoms with Gasteiger partial charge in [0.2, 0.25) is 0 Å². The summed E-state index contributed by atoms with van der Waals surface area (Å²) in [6, 6.07) is 17.0. The highest BCUT2D eigenvalue weighted by Crippen LogP contribution is 2.21. The van der Waals surface area contributed by atoms with E-state index in [-0.39, 0.29) is 21.9 Å². The molecular weight excluding hydrogens is 438 g/mol. The predicted octanol–water partition coefficient (Wildman–Crippen LogP) is 3.14. The fourth-order valence-electron chi connectivity index (χ4n) is 2.55. The highest BCUT2D eigenvalue weighted by Gasteiger charge is 2.17. The zero-order valence-corrected chi connectivity index (χ0v) is 17.5. The van der Waals surface area contributed by atoms with Crippen LogP contribution in [0.15, 0.2) is 82.8 Å². The van der Waals surface area contributed by atoms with Gasteiger partial charge in [0, 0.05) is 17.7 Å². The fourth-order valence-corrected chi connectivity index (χ4v) is 3.48. The van der Waals surface area contributed by atoms with Crippen LogP contribution in [-0.4, -0.2) is 32.6 Å². The predicted molar refractivity (Wildman–Crippen MR) is 115 cm³/mol. The number of amides is 1. The molecule has 0 radical (unpaired) electrons. The van der Waals surface area contributed by atoms with Gasteiger partial charge in [-0.1, -0.05) is 18.2 Å². The van der Waals surface area contributed by atoms with Crippen LogP contribution in [0.2, 0.25) is 0 Å². The Hall–Kier alpha value is -4.25. The van der Waals surface area contributed by atoms with Crippen molar-refractivity contribution in [1.82, 2.24) is 5.43 Å². The number of nitrogens with one attached hydrogen (secondary N) is 1. The summed E-state index contributed by atoms with van der Waals surface area (Å²) >= 11 is 0. The molecule has 0 saturated carbocycles. The molecule has 0 saturated heterocycles. The summed E-state index contributed by atoms with van der Waals surface area (Å²) in [6.07, 6.45) is 1.28. The number of methoxy groups -OCH3 is 1. The monoisotopic (exact) mass is 455 g/mol. The Morgan fingerprint density at radius 3 is 2.44 bits per heavy atom. The molecule has 0 spiro atoms. The quantitative estimate of drug-likeness (QED) is 0.238. The van der Waals surface area contributed by atoms with E-state index in [1.807, 2.05) is 0 Å². The molecule has 0 heterocycles. The van der Waals surface area contributed by atoms with Gasteiger partial charge in [0.1, 0.15) is 16.4 Å². The van der Waals surface area contributed by atoms with Crippen LogP contribution in [0.3, 0.4) is 0 Å². The van der Waals surface area contributed by atoms with Crippen molar-refractivity contribution in [1.29, 1.82) is 0 Å². The zero-order chi connectivity index (χ0) is 23.1. The van der Waals surface area contributed by atoms with Crippen molar-refractivity contribution in [2.75, 3.05) is 7.11 Å². The lowest BCUT2D eigenvalue weighted by molar-refractivity contribution is -0.384. The van der Waals surface area contributed by atoms with E-state index in [1.54, 1.807) is 12.1 Å². The maximum Gasteiger partial charge on any atom is 0.339 e. The van der Waals surface area contributed by atoms with E-state index in [4.69, 9.17) is 8.92 Å². The molecule has 11 heteroatoms. The van der Waals surface area contributed by atoms with Crippen LogP contribution < -0.4 is 14.3 Å². The Morgan fingerprint density at radius 1 is 1.03 bits per heavy atom. The average Bonchev–Trinajstić information content (AvgIpc) is 2.79. The maximum absolute atomic E-state index is 12.4. The number of hydrogen-bond acceptors (Lipinski definition) is 8. The molecule has 1 amide bonds. The Balaban J connectivity index is 1.68. The van der Waals surface area contributed by atoms with Gasteiger partial charge in [-0.15, -0.1) is 0 Å². The lowest BCUT2D eigenvalue weighted by Gasteiger charge is -2.08. The second kappa shape index (κ2) is 9.71. The van der Waals surface area contributed by atoms with Crippen molar-refractivity contribution in [3.8, 4) is 11.5 Å². The summed E-state index contributed by atoms with van der Waals surface area (Å²) in [5.41, 5.74) is 2.56. The number of rotatable bonds is 8. The summed E-state index contributed by atoms with van der Waals surface area (Å²) in [4.78, 5) is 22.3. The third kappa shape index (κ3) is 5.67. The van der Waals surface area contributed by atoms with Crippen molar-refractivity contribution >= 4 is 27.9 Å². The van der Waals surface area contributed by atoms with E-state index in [1.165, 1.54) is 67.9 Å². The summed E-state index contributed by atoms with van der Waals surface area (Å²) < 4.78 is 35.1. The van der Waals surface area contributed by atoms with Crippen LogP contribution in [0.25, 0.3) is 0 Å². The van der Waals surface area contributed by atoms with Gasteiger partial charge in [-0.25, -0.2) is 5.43 Å². The number of hydrogen-bond donors (Lipinski definition) is 1. The van der Waals surface area contributed by atoms with Crippen molar-refractivity contribution in [2.24, 2.45) is 5.10 Å². The number of nitrogens with zero attached hydrogens (tertiary/aromatic N) is 2. The third-order valence-electron chi connectivity index (χ3n) is 4.11. The number of benzene rings is 3. The molecular formula is C21H17N3O7S. The summed E-state index contributed by atoms with van der Waals surface area (Å²) in [6.45, 7) is 0. The summed E-state index contributed by atoms with van der Waals surface area (Å²) in [5, 5.41) is 14.6. The van der Waals surface area contributed by atoms with Gasteiger partial charge in [0.15, 0.2) is 0 Å². The van der Waals surface area contributed by atoms with Crippen LogP contribution in [0.4, 0.5) is 5.69 Å². The normalized spacial score (nSPS) is 11.2. The smallest absolute Gasteiger partial charge is 0.339 e. The van der Waals surface area contributed by atoms with Gasteiger partial charge in [0.05, 0.1) is 18.2 Å². The number of nitro benzene ring substituents is 1. The first-order valence-electron chi connectivity index (χ1n) is 9.05. The fraction of sp³-hybridized carbons (Fsp3) is 0.0476. The highest BCUT2D eigenvalue weighted by atomic mass is 32.2. The number of ether oxygens (including phenoxy) is 1. The van der Waals surface area contributed by atoms with Crippen LogP contribution in [0.1, 0.15) is 15.9 Å². The van der Waals surface area contributed by atoms with Gasteiger partial charge in [-0.05, 0) is 48.0 Å². The molecule has 0 aliphatic carbocycles. The van der Waals surface area contributed by atoms with Crippen molar-refractivity contribution in [3.05, 3.63) is 94.0 Å². The second-order valence-electron chi connectivity index (χ2n) is 6.29. The van der Waals surface area contributed by atoms with Crippen LogP contribution in [0.5, 0.6) is 11.5 Å². The van der Waals surface area contributed by atoms with E-state index in [0.29, 0.717) is 11.3 Å². The molecule has 0 aliphatic rings. The number of hydrazone groups is 1. The standard InChI is InChI=1S/C21H17N3O7S/c1-30-18-8-10-20(11-9-18)32(28,29)31-19-7-2-4-15(12-19)14-22-23-21(25)16-5-3-6-17(13-16)24(26)27/h2-14H,1H3,(H,23,25)/b22-14-. The Morgan fingerprint density at radius 2 is 1.75 bits per heavy atom. The minimum Gasteiger partial charge on any atom is -0.497 e. The lowest BCUT2D eigenvalue weighted by Crippen LogP contribution is -2.17. The molecule has 0 fully saturated rings. The summed E-state index contributed by atoms with van der Waals surface area (Å²) in [7, 11) is -2.59. The minimum atomic E-state index is -4.06. The highest BCUT2D eigenvalue weighted by molar-refractivity contribution is 7.87. The Bertz CT molecular complexity index is 1270. The molecule has 3 rings (SSSR count). The van der Waals surface area contributed by atoms with Gasteiger partial charge in [-0.2, -0.15) is 13.5 Å². The number of non-ortho nitro benzene ring substituents is 1. The molecule has 3 aromatic carbocycles. The maximum atomic E-state index is 12.4. The molecule has 164 valence electrons. The topological polar surface area (TPSA) is 137 Å². The molecule has 0 aromatic heterocycles. The molecule has 0 unspecified atom stereocenters. The van der Waals surface area contributed by atoms with Gasteiger partial charge in [-0.3, -0.25) is 14.9 Å². The Kier molecular flexibility index (Phi) is 6.80. The van der Waals surface area contributed by atoms with Crippen LogP contribution in [0, 0.1) is 10.1 Å². The molecule has 32 heavy (non-hydrogen) atoms. The first-order chi connectivity index (χ1) is 15.3. The van der Waals surface area contributed by atoms with E-state index in [0.717, 1.165) is 6.07 Å². The van der Waals surface area contributed by atoms with Crippen LogP contribution >= 0.6 is 0 Å². The van der Waals surface area contributed by atoms with Gasteiger partial charge < -0.3 is 8.92 Å². The van der Waals surface area contributed by atoms with Crippen molar-refractivity contribution in [3.63, 3.8) is 0 Å². The van der Waals surface area contributed by atoms with E-state index < -0.39 is 20.9 Å². The molecule has 10 nitrogen and oxygen atoms in total. The van der Waals surface area contributed by atoms with Gasteiger partial charge in [0.25, 0.3) is 11.6 Å². The molecule has 3 aromatic rings. The van der Waals surface area contributed by atoms with Crippen molar-refractivity contribution in [2.45, 2.75) is 4.90 Å². The third-order valence-corrected chi connectivity index (χ3v) is 5.37. The largest absolute Gasteiger partial charge is 0.497 e. The summed E-state index contributed by atoms with van der Waals surface area (Å²) in [5.74, 6) is -0.0801. The molecule has 0 atom stereocenters. The minimum absolute atomic E-state index is 0.0402. The lowest BCUT2D eigenvalue weighted by atomic mass is 10.2. The average molecular weight is 455 g/mol. The van der Waals surface area contributed by atoms with Crippen LogP contribution in [-0.2, 0) is 10.1 Å². The van der Waals surface area contributed by atoms with E-state index >= 15 is 0 Å². The van der Waals surface area contributed by atoms with E-state index in [2.05, 4.69) is 10.5 Å². The number of nitro groups is 1. The zero-order valence-electron chi connectivity index (χ0n) is 16.7. The Labute approximate surface area is 183 Å². The molecule has 0 bridgehead atoms. The molecule has 0 aliphatic heterocycles.